The summed E-state index contributed by atoms with van der Waals surface area (Å²) in [6.07, 6.45) is 5.57. The molecule has 178 valence electrons. The van der Waals surface area contributed by atoms with Crippen LogP contribution in [-0.2, 0) is 4.79 Å². The Morgan fingerprint density at radius 2 is 1.91 bits per heavy atom. The molecule has 0 unspecified atom stereocenters. The van der Waals surface area contributed by atoms with Gasteiger partial charge in [-0.05, 0) is 36.1 Å². The third kappa shape index (κ3) is 4.00. The Hall–Kier alpha value is -3.46. The van der Waals surface area contributed by atoms with Crippen LogP contribution in [0.2, 0.25) is 0 Å². The number of nitrogens with one attached hydrogen (secondary N) is 1. The van der Waals surface area contributed by atoms with Crippen LogP contribution in [-0.4, -0.2) is 87.1 Å². The van der Waals surface area contributed by atoms with Crippen molar-refractivity contribution in [1.29, 1.82) is 0 Å². The Kier molecular flexibility index (Phi) is 5.73. The summed E-state index contributed by atoms with van der Waals surface area (Å²) in [7, 11) is 3.61. The van der Waals surface area contributed by atoms with Crippen LogP contribution in [0.3, 0.4) is 0 Å². The lowest BCUT2D eigenvalue weighted by molar-refractivity contribution is -0.129. The van der Waals surface area contributed by atoms with Crippen LogP contribution in [0.4, 0.5) is 5.82 Å². The highest BCUT2D eigenvalue weighted by Gasteiger charge is 2.23. The van der Waals surface area contributed by atoms with Gasteiger partial charge in [-0.1, -0.05) is 13.8 Å². The van der Waals surface area contributed by atoms with Crippen LogP contribution in [0.25, 0.3) is 27.8 Å². The second-order valence-electron chi connectivity index (χ2n) is 9.65. The zero-order valence-electron chi connectivity index (χ0n) is 20.5. The third-order valence-corrected chi connectivity index (χ3v) is 6.69. The van der Waals surface area contributed by atoms with Crippen LogP contribution in [0, 0.1) is 6.92 Å². The molecule has 34 heavy (non-hydrogen) atoms. The molecular weight excluding hydrogens is 428 g/mol. The number of hydrogen-bond donors (Lipinski definition) is 1. The lowest BCUT2D eigenvalue weighted by Gasteiger charge is -2.35. The number of fused-ring (bicyclic) bond motifs is 2. The number of H-pyrrole nitrogens is 1. The molecule has 1 aliphatic heterocycles. The molecule has 0 aliphatic carbocycles. The summed E-state index contributed by atoms with van der Waals surface area (Å²) in [4.78, 5) is 31.0. The molecule has 1 saturated heterocycles. The van der Waals surface area contributed by atoms with Gasteiger partial charge >= 0.3 is 0 Å². The molecule has 4 aromatic heterocycles. The first-order valence-electron chi connectivity index (χ1n) is 11.8. The first kappa shape index (κ1) is 22.3. The number of carbonyl (C=O) groups is 1. The van der Waals surface area contributed by atoms with E-state index in [0.717, 1.165) is 60.0 Å². The average Bonchev–Trinajstić information content (AvgIpc) is 3.44. The minimum absolute atomic E-state index is 0.147. The van der Waals surface area contributed by atoms with E-state index in [-0.39, 0.29) is 5.91 Å². The summed E-state index contributed by atoms with van der Waals surface area (Å²) in [5, 5.41) is 5.55. The molecule has 0 radical (unpaired) electrons. The minimum atomic E-state index is 0.147. The minimum Gasteiger partial charge on any atom is -0.354 e. The Bertz CT molecular complexity index is 1340. The van der Waals surface area contributed by atoms with Crippen molar-refractivity contribution < 1.29 is 4.79 Å². The van der Waals surface area contributed by atoms with Crippen molar-refractivity contribution in [2.45, 2.75) is 26.7 Å². The molecule has 5 heterocycles. The SMILES string of the molecule is Cc1cc(-c2[nH]c3cnc(N4CCN(CC(=O)N(C)C)CC4)cc3c2C(C)C)cn2ncnc12. The molecule has 0 spiro atoms. The quantitative estimate of drug-likeness (QED) is 0.493. The number of pyridine rings is 2. The van der Waals surface area contributed by atoms with Gasteiger partial charge in [-0.25, -0.2) is 14.5 Å². The molecule has 1 amide bonds. The number of rotatable bonds is 5. The third-order valence-electron chi connectivity index (χ3n) is 6.69. The molecule has 0 aromatic carbocycles. The molecule has 0 saturated carbocycles. The van der Waals surface area contributed by atoms with Crippen molar-refractivity contribution in [3.63, 3.8) is 0 Å². The van der Waals surface area contributed by atoms with Crippen LogP contribution >= 0.6 is 0 Å². The van der Waals surface area contributed by atoms with Crippen LogP contribution in [0.5, 0.6) is 0 Å². The summed E-state index contributed by atoms with van der Waals surface area (Å²) in [5.41, 5.74) is 6.49. The predicted molar refractivity (Wildman–Crippen MR) is 134 cm³/mol. The highest BCUT2D eigenvalue weighted by molar-refractivity contribution is 5.92. The van der Waals surface area contributed by atoms with E-state index in [1.165, 1.54) is 10.9 Å². The van der Waals surface area contributed by atoms with Gasteiger partial charge in [0.25, 0.3) is 0 Å². The molecule has 0 bridgehead atoms. The van der Waals surface area contributed by atoms with Crippen molar-refractivity contribution in [2.24, 2.45) is 0 Å². The number of aromatic nitrogens is 5. The van der Waals surface area contributed by atoms with Gasteiger partial charge in [-0.15, -0.1) is 0 Å². The fourth-order valence-electron chi connectivity index (χ4n) is 4.80. The lowest BCUT2D eigenvalue weighted by Crippen LogP contribution is -2.49. The molecule has 9 nitrogen and oxygen atoms in total. The second-order valence-corrected chi connectivity index (χ2v) is 9.65. The number of aryl methyl sites for hydroxylation is 1. The molecule has 4 aromatic rings. The van der Waals surface area contributed by atoms with E-state index in [0.29, 0.717) is 12.5 Å². The van der Waals surface area contributed by atoms with Crippen LogP contribution in [0.1, 0.15) is 30.9 Å². The van der Waals surface area contributed by atoms with Crippen molar-refractivity contribution in [1.82, 2.24) is 34.4 Å². The van der Waals surface area contributed by atoms with Gasteiger partial charge in [-0.2, -0.15) is 5.10 Å². The lowest BCUT2D eigenvalue weighted by atomic mass is 9.96. The number of amides is 1. The monoisotopic (exact) mass is 460 g/mol. The van der Waals surface area contributed by atoms with Gasteiger partial charge in [0.1, 0.15) is 12.1 Å². The average molecular weight is 461 g/mol. The summed E-state index contributed by atoms with van der Waals surface area (Å²) in [5.74, 6) is 1.47. The predicted octanol–water partition coefficient (Wildman–Crippen LogP) is 2.91. The number of aromatic amines is 1. The fourth-order valence-corrected chi connectivity index (χ4v) is 4.80. The first-order valence-corrected chi connectivity index (χ1v) is 11.8. The zero-order chi connectivity index (χ0) is 24.0. The Morgan fingerprint density at radius 1 is 1.15 bits per heavy atom. The van der Waals surface area contributed by atoms with E-state index in [1.54, 1.807) is 25.3 Å². The first-order chi connectivity index (χ1) is 16.3. The number of hydrogen-bond acceptors (Lipinski definition) is 6. The van der Waals surface area contributed by atoms with E-state index >= 15 is 0 Å². The standard InChI is InChI=1S/C25H32N8O/c1-16(2)23-19-11-21(32-8-6-31(7-9-32)14-22(34)30(4)5)26-12-20(19)29-24(23)18-10-17(3)25-27-15-28-33(25)13-18/h10-13,15-16,29H,6-9,14H2,1-5H3. The number of likely N-dealkylation sites (N-methyl/N-ethyl adjacent to an activating group) is 1. The Morgan fingerprint density at radius 3 is 2.62 bits per heavy atom. The van der Waals surface area contributed by atoms with Crippen molar-refractivity contribution >= 4 is 28.3 Å². The van der Waals surface area contributed by atoms with Crippen LogP contribution in [0.15, 0.2) is 30.9 Å². The molecule has 1 fully saturated rings. The summed E-state index contributed by atoms with van der Waals surface area (Å²) in [6, 6.07) is 4.38. The smallest absolute Gasteiger partial charge is 0.236 e. The Labute approximate surface area is 199 Å². The summed E-state index contributed by atoms with van der Waals surface area (Å²) >= 11 is 0. The fraction of sp³-hybridized carbons (Fsp3) is 0.440. The zero-order valence-corrected chi connectivity index (χ0v) is 20.5. The van der Waals surface area contributed by atoms with Gasteiger partial charge < -0.3 is 14.8 Å². The van der Waals surface area contributed by atoms with Gasteiger partial charge in [0, 0.05) is 57.4 Å². The van der Waals surface area contributed by atoms with E-state index in [1.807, 2.05) is 16.9 Å². The van der Waals surface area contributed by atoms with Gasteiger partial charge in [0.2, 0.25) is 5.91 Å². The van der Waals surface area contributed by atoms with Gasteiger partial charge in [-0.3, -0.25) is 9.69 Å². The van der Waals surface area contributed by atoms with Crippen LogP contribution < -0.4 is 4.90 Å². The largest absolute Gasteiger partial charge is 0.354 e. The van der Waals surface area contributed by atoms with E-state index in [4.69, 9.17) is 4.98 Å². The number of nitrogens with zero attached hydrogens (tertiary/aromatic N) is 7. The summed E-state index contributed by atoms with van der Waals surface area (Å²) in [6.45, 7) is 10.4. The van der Waals surface area contributed by atoms with Crippen molar-refractivity contribution in [3.05, 3.63) is 42.0 Å². The number of piperazine rings is 1. The Balaban J connectivity index is 1.45. The van der Waals surface area contributed by atoms with E-state index < -0.39 is 0 Å². The highest BCUT2D eigenvalue weighted by Crippen LogP contribution is 2.37. The summed E-state index contributed by atoms with van der Waals surface area (Å²) < 4.78 is 1.84. The van der Waals surface area contributed by atoms with Crippen molar-refractivity contribution in [2.75, 3.05) is 51.7 Å². The molecule has 9 heteroatoms. The maximum Gasteiger partial charge on any atom is 0.236 e. The molecule has 1 aliphatic rings. The maximum atomic E-state index is 12.1. The van der Waals surface area contributed by atoms with Gasteiger partial charge in [0.15, 0.2) is 5.65 Å². The molecule has 1 N–H and O–H groups in total. The molecule has 0 atom stereocenters. The van der Waals surface area contributed by atoms with Crippen molar-refractivity contribution in [3.8, 4) is 11.3 Å². The van der Waals surface area contributed by atoms with E-state index in [2.05, 4.69) is 57.8 Å². The number of anilines is 1. The normalized spacial score (nSPS) is 15.1. The molecular formula is C25H32N8O. The molecule has 5 rings (SSSR count). The topological polar surface area (TPSA) is 85.7 Å². The second kappa shape index (κ2) is 8.72. The van der Waals surface area contributed by atoms with E-state index in [9.17, 15) is 4.79 Å². The van der Waals surface area contributed by atoms with Gasteiger partial charge in [0.05, 0.1) is 24.0 Å². The maximum absolute atomic E-state index is 12.1. The highest BCUT2D eigenvalue weighted by atomic mass is 16.2. The number of carbonyl (C=O) groups excluding carboxylic acids is 1.